The Hall–Kier alpha value is -1.88. The number of benzene rings is 1. The van der Waals surface area contributed by atoms with Crippen molar-refractivity contribution in [2.24, 2.45) is 0 Å². The van der Waals surface area contributed by atoms with E-state index >= 15 is 0 Å². The lowest BCUT2D eigenvalue weighted by molar-refractivity contribution is -0.121. The second-order valence-electron chi connectivity index (χ2n) is 6.53. The van der Waals surface area contributed by atoms with E-state index in [1.165, 1.54) is 23.1 Å². The summed E-state index contributed by atoms with van der Waals surface area (Å²) in [7, 11) is 0. The van der Waals surface area contributed by atoms with Crippen molar-refractivity contribution in [3.63, 3.8) is 0 Å². The molecule has 0 radical (unpaired) electrons. The summed E-state index contributed by atoms with van der Waals surface area (Å²) in [6.07, 6.45) is 5.48. The van der Waals surface area contributed by atoms with Crippen LogP contribution in [0.2, 0.25) is 0 Å². The van der Waals surface area contributed by atoms with Crippen LogP contribution in [-0.2, 0) is 11.2 Å². The van der Waals surface area contributed by atoms with Crippen LogP contribution in [0.5, 0.6) is 0 Å². The van der Waals surface area contributed by atoms with Crippen molar-refractivity contribution in [1.82, 2.24) is 10.3 Å². The number of hydrogen-bond donors (Lipinski definition) is 1. The molecule has 0 aliphatic carbocycles. The predicted octanol–water partition coefficient (Wildman–Crippen LogP) is 3.48. The highest BCUT2D eigenvalue weighted by molar-refractivity contribution is 7.13. The van der Waals surface area contributed by atoms with Gasteiger partial charge in [0.2, 0.25) is 5.91 Å². The maximum absolute atomic E-state index is 12.2. The fourth-order valence-electron chi connectivity index (χ4n) is 3.19. The molecule has 1 aromatic carbocycles. The molecule has 1 atom stereocenters. The van der Waals surface area contributed by atoms with E-state index in [1.54, 1.807) is 11.3 Å². The first-order valence-corrected chi connectivity index (χ1v) is 9.50. The normalized spacial score (nSPS) is 17.2. The molecule has 0 spiro atoms. The van der Waals surface area contributed by atoms with Gasteiger partial charge in [-0.15, -0.1) is 11.3 Å². The molecule has 3 rings (SSSR count). The third-order valence-electron chi connectivity index (χ3n) is 4.79. The van der Waals surface area contributed by atoms with Crippen molar-refractivity contribution in [2.75, 3.05) is 18.0 Å². The molecule has 1 aromatic heterocycles. The first-order valence-electron chi connectivity index (χ1n) is 8.62. The average molecular weight is 343 g/mol. The van der Waals surface area contributed by atoms with Gasteiger partial charge < -0.3 is 10.2 Å². The highest BCUT2D eigenvalue weighted by Gasteiger charge is 2.26. The number of anilines is 1. The molecule has 1 unspecified atom stereocenters. The first-order chi connectivity index (χ1) is 11.6. The lowest BCUT2D eigenvalue weighted by atomic mass is 10.0. The highest BCUT2D eigenvalue weighted by atomic mass is 32.1. The molecule has 1 saturated heterocycles. The topological polar surface area (TPSA) is 45.2 Å². The maximum atomic E-state index is 12.2. The molecular formula is C19H25N3OS. The van der Waals surface area contributed by atoms with E-state index in [0.29, 0.717) is 19.0 Å². The van der Waals surface area contributed by atoms with Crippen LogP contribution < -0.4 is 10.2 Å². The lowest BCUT2D eigenvalue weighted by Gasteiger charge is -2.24. The van der Waals surface area contributed by atoms with Crippen molar-refractivity contribution in [1.29, 1.82) is 0 Å². The van der Waals surface area contributed by atoms with Gasteiger partial charge in [0, 0.05) is 37.1 Å². The Kier molecular flexibility index (Phi) is 5.51. The van der Waals surface area contributed by atoms with Crippen LogP contribution in [0.3, 0.4) is 0 Å². The van der Waals surface area contributed by atoms with Crippen LogP contribution in [-0.4, -0.2) is 30.0 Å². The molecule has 24 heavy (non-hydrogen) atoms. The monoisotopic (exact) mass is 343 g/mol. The number of amides is 1. The van der Waals surface area contributed by atoms with Crippen LogP contribution in [0.4, 0.5) is 5.13 Å². The molecule has 1 N–H and O–H groups in total. The van der Waals surface area contributed by atoms with E-state index in [2.05, 4.69) is 47.2 Å². The van der Waals surface area contributed by atoms with Crippen molar-refractivity contribution >= 4 is 22.4 Å². The Morgan fingerprint density at radius 3 is 3.00 bits per heavy atom. The summed E-state index contributed by atoms with van der Waals surface area (Å²) in [5.74, 6) is 0.138. The molecule has 128 valence electrons. The molecule has 4 nitrogen and oxygen atoms in total. The van der Waals surface area contributed by atoms with E-state index in [-0.39, 0.29) is 5.91 Å². The number of carbonyl (C=O) groups excluding carboxylic acids is 1. The molecule has 0 saturated carbocycles. The molecule has 2 aromatic rings. The van der Waals surface area contributed by atoms with E-state index in [0.717, 1.165) is 24.5 Å². The number of hydrogen-bond acceptors (Lipinski definition) is 4. The Balaban J connectivity index is 1.46. The van der Waals surface area contributed by atoms with E-state index in [4.69, 9.17) is 0 Å². The van der Waals surface area contributed by atoms with Crippen LogP contribution in [0.25, 0.3) is 0 Å². The SMILES string of the molecule is Cc1ccc(CCC(=O)NCC2CCCN2c2nccs2)cc1C. The number of thiazole rings is 1. The Morgan fingerprint density at radius 1 is 1.38 bits per heavy atom. The summed E-state index contributed by atoms with van der Waals surface area (Å²) < 4.78 is 0. The summed E-state index contributed by atoms with van der Waals surface area (Å²) in [5, 5.41) is 6.19. The molecular weight excluding hydrogens is 318 g/mol. The second-order valence-corrected chi connectivity index (χ2v) is 7.40. The first kappa shape index (κ1) is 17.0. The smallest absolute Gasteiger partial charge is 0.220 e. The van der Waals surface area contributed by atoms with Gasteiger partial charge in [0.25, 0.3) is 0 Å². The van der Waals surface area contributed by atoms with Gasteiger partial charge in [-0.2, -0.15) is 0 Å². The minimum atomic E-state index is 0.138. The Labute approximate surface area is 147 Å². The predicted molar refractivity (Wildman–Crippen MR) is 99.7 cm³/mol. The van der Waals surface area contributed by atoms with E-state index in [1.807, 2.05) is 11.6 Å². The van der Waals surface area contributed by atoms with Gasteiger partial charge in [-0.1, -0.05) is 18.2 Å². The number of nitrogens with one attached hydrogen (secondary N) is 1. The van der Waals surface area contributed by atoms with Gasteiger partial charge in [0.15, 0.2) is 5.13 Å². The van der Waals surface area contributed by atoms with Crippen molar-refractivity contribution < 1.29 is 4.79 Å². The molecule has 1 aliphatic rings. The summed E-state index contributed by atoms with van der Waals surface area (Å²) in [4.78, 5) is 18.9. The minimum absolute atomic E-state index is 0.138. The molecule has 1 fully saturated rings. The zero-order valence-electron chi connectivity index (χ0n) is 14.4. The number of carbonyl (C=O) groups is 1. The third-order valence-corrected chi connectivity index (χ3v) is 5.60. The number of aryl methyl sites for hydroxylation is 3. The molecule has 0 bridgehead atoms. The number of rotatable bonds is 6. The standard InChI is InChI=1S/C19H25N3OS/c1-14-5-6-16(12-15(14)2)7-8-18(23)21-13-17-4-3-10-22(17)19-20-9-11-24-19/h5-6,9,11-12,17H,3-4,7-8,10,13H2,1-2H3,(H,21,23). The van der Waals surface area contributed by atoms with Crippen LogP contribution in [0.15, 0.2) is 29.8 Å². The van der Waals surface area contributed by atoms with Gasteiger partial charge in [0.1, 0.15) is 0 Å². The van der Waals surface area contributed by atoms with Crippen LogP contribution >= 0.6 is 11.3 Å². The zero-order valence-corrected chi connectivity index (χ0v) is 15.2. The summed E-state index contributed by atoms with van der Waals surface area (Å²) in [6, 6.07) is 6.81. The van der Waals surface area contributed by atoms with Gasteiger partial charge in [0.05, 0.1) is 0 Å². The van der Waals surface area contributed by atoms with Gasteiger partial charge >= 0.3 is 0 Å². The van der Waals surface area contributed by atoms with Gasteiger partial charge in [-0.05, 0) is 49.8 Å². The number of aromatic nitrogens is 1. The van der Waals surface area contributed by atoms with Gasteiger partial charge in [-0.25, -0.2) is 4.98 Å². The highest BCUT2D eigenvalue weighted by Crippen LogP contribution is 2.26. The summed E-state index contributed by atoms with van der Waals surface area (Å²) >= 11 is 1.67. The van der Waals surface area contributed by atoms with Crippen LogP contribution in [0.1, 0.15) is 36.0 Å². The fourth-order valence-corrected chi connectivity index (χ4v) is 3.94. The molecule has 1 amide bonds. The molecule has 1 aliphatic heterocycles. The molecule has 5 heteroatoms. The molecule has 2 heterocycles. The largest absolute Gasteiger partial charge is 0.354 e. The van der Waals surface area contributed by atoms with Crippen molar-refractivity contribution in [2.45, 2.75) is 45.6 Å². The zero-order chi connectivity index (χ0) is 16.9. The van der Waals surface area contributed by atoms with E-state index < -0.39 is 0 Å². The Morgan fingerprint density at radius 2 is 2.25 bits per heavy atom. The van der Waals surface area contributed by atoms with Gasteiger partial charge in [-0.3, -0.25) is 4.79 Å². The number of nitrogens with zero attached hydrogens (tertiary/aromatic N) is 2. The lowest BCUT2D eigenvalue weighted by Crippen LogP contribution is -2.40. The van der Waals surface area contributed by atoms with Crippen molar-refractivity contribution in [3.8, 4) is 0 Å². The van der Waals surface area contributed by atoms with Crippen molar-refractivity contribution in [3.05, 3.63) is 46.5 Å². The summed E-state index contributed by atoms with van der Waals surface area (Å²) in [6.45, 7) is 5.98. The quantitative estimate of drug-likeness (QED) is 0.873. The maximum Gasteiger partial charge on any atom is 0.220 e. The second kappa shape index (κ2) is 7.79. The van der Waals surface area contributed by atoms with Crippen LogP contribution in [0, 0.1) is 13.8 Å². The minimum Gasteiger partial charge on any atom is -0.354 e. The third kappa shape index (κ3) is 4.15. The Bertz CT molecular complexity index is 684. The average Bonchev–Trinajstić information content (AvgIpc) is 3.24. The fraction of sp³-hybridized carbons (Fsp3) is 0.474. The van der Waals surface area contributed by atoms with E-state index in [9.17, 15) is 4.79 Å². The summed E-state index contributed by atoms with van der Waals surface area (Å²) in [5.41, 5.74) is 3.82.